The Morgan fingerprint density at radius 3 is 2.57 bits per heavy atom. The molecule has 3 heterocycles. The summed E-state index contributed by atoms with van der Waals surface area (Å²) in [6.45, 7) is 0. The summed E-state index contributed by atoms with van der Waals surface area (Å²) in [6, 6.07) is 10.7. The van der Waals surface area contributed by atoms with Gasteiger partial charge in [-0.05, 0) is 62.1 Å². The fraction of sp³-hybridized carbons (Fsp3) is 0.261. The number of benzene rings is 1. The number of fused-ring (bicyclic) bond motifs is 1. The fourth-order valence-electron chi connectivity index (χ4n) is 3.82. The van der Waals surface area contributed by atoms with Gasteiger partial charge in [-0.1, -0.05) is 18.0 Å². The third-order valence-electron chi connectivity index (χ3n) is 5.41. The molecular formula is C23H20ClFN4O. The second-order valence-corrected chi connectivity index (χ2v) is 8.00. The topological polar surface area (TPSA) is 63.7 Å². The molecule has 0 aliphatic heterocycles. The van der Waals surface area contributed by atoms with Crippen LogP contribution < -0.4 is 4.74 Å². The van der Waals surface area contributed by atoms with Crippen LogP contribution in [-0.4, -0.2) is 26.0 Å². The molecule has 0 bridgehead atoms. The maximum absolute atomic E-state index is 14.5. The van der Waals surface area contributed by atoms with Crippen molar-refractivity contribution in [3.8, 4) is 28.5 Å². The number of ether oxygens (including phenoxy) is 1. The number of aromatic nitrogens is 4. The highest BCUT2D eigenvalue weighted by Gasteiger charge is 2.18. The molecule has 0 radical (unpaired) electrons. The van der Waals surface area contributed by atoms with E-state index >= 15 is 0 Å². The van der Waals surface area contributed by atoms with Crippen LogP contribution in [0.5, 0.6) is 5.88 Å². The van der Waals surface area contributed by atoms with Gasteiger partial charge in [0.2, 0.25) is 0 Å². The minimum absolute atomic E-state index is 0.0581. The zero-order chi connectivity index (χ0) is 20.5. The number of pyridine rings is 2. The highest BCUT2D eigenvalue weighted by molar-refractivity contribution is 6.31. The smallest absolute Gasteiger partial charge is 0.250 e. The number of imidazole rings is 1. The minimum Gasteiger partial charge on any atom is -0.472 e. The van der Waals surface area contributed by atoms with Crippen LogP contribution in [-0.2, 0) is 0 Å². The molecule has 0 amide bonds. The summed E-state index contributed by atoms with van der Waals surface area (Å²) >= 11 is 6.04. The molecule has 1 aliphatic rings. The standard InChI is InChI=1S/C23H20ClFN4O/c24-16-7-9-20-21(11-16)29-22(28-20)14-6-8-19(26-12-14)15-10-18(25)23(27-13-15)30-17-4-2-1-3-5-17/h6-13,17H,1-5H2,(H,28,29). The molecule has 7 heteroatoms. The van der Waals surface area contributed by atoms with E-state index in [1.54, 1.807) is 18.5 Å². The number of aromatic amines is 1. The van der Waals surface area contributed by atoms with Crippen molar-refractivity contribution >= 4 is 22.6 Å². The van der Waals surface area contributed by atoms with Crippen molar-refractivity contribution in [2.24, 2.45) is 0 Å². The molecule has 5 rings (SSSR count). The number of nitrogens with one attached hydrogen (secondary N) is 1. The second kappa shape index (κ2) is 8.03. The molecule has 1 fully saturated rings. The first-order valence-electron chi connectivity index (χ1n) is 10.1. The molecule has 4 aromatic rings. The maximum Gasteiger partial charge on any atom is 0.250 e. The Kier molecular flexibility index (Phi) is 5.09. The maximum atomic E-state index is 14.5. The fourth-order valence-corrected chi connectivity index (χ4v) is 3.99. The van der Waals surface area contributed by atoms with Crippen molar-refractivity contribution in [3.05, 3.63) is 59.6 Å². The van der Waals surface area contributed by atoms with Gasteiger partial charge >= 0.3 is 0 Å². The van der Waals surface area contributed by atoms with E-state index in [0.717, 1.165) is 42.3 Å². The Balaban J connectivity index is 1.36. The Labute approximate surface area is 178 Å². The van der Waals surface area contributed by atoms with Crippen molar-refractivity contribution in [2.75, 3.05) is 0 Å². The normalized spacial score (nSPS) is 14.9. The molecule has 3 aromatic heterocycles. The summed E-state index contributed by atoms with van der Waals surface area (Å²) in [6.07, 6.45) is 8.75. The largest absolute Gasteiger partial charge is 0.472 e. The van der Waals surface area contributed by atoms with Crippen molar-refractivity contribution in [2.45, 2.75) is 38.2 Å². The molecule has 1 aromatic carbocycles. The monoisotopic (exact) mass is 422 g/mol. The molecule has 5 nitrogen and oxygen atoms in total. The van der Waals surface area contributed by atoms with Gasteiger partial charge in [0.05, 0.1) is 16.7 Å². The van der Waals surface area contributed by atoms with Gasteiger partial charge in [0.25, 0.3) is 5.88 Å². The molecular weight excluding hydrogens is 403 g/mol. The van der Waals surface area contributed by atoms with E-state index in [9.17, 15) is 4.39 Å². The van der Waals surface area contributed by atoms with Crippen LogP contribution >= 0.6 is 11.6 Å². The molecule has 152 valence electrons. The molecule has 30 heavy (non-hydrogen) atoms. The Morgan fingerprint density at radius 2 is 1.80 bits per heavy atom. The average Bonchev–Trinajstić information content (AvgIpc) is 3.19. The van der Waals surface area contributed by atoms with Crippen molar-refractivity contribution in [1.82, 2.24) is 19.9 Å². The van der Waals surface area contributed by atoms with Crippen molar-refractivity contribution in [3.63, 3.8) is 0 Å². The van der Waals surface area contributed by atoms with E-state index in [1.807, 2.05) is 24.3 Å². The molecule has 0 spiro atoms. The van der Waals surface area contributed by atoms with E-state index in [-0.39, 0.29) is 12.0 Å². The first kappa shape index (κ1) is 19.0. The quantitative estimate of drug-likeness (QED) is 0.425. The van der Waals surface area contributed by atoms with E-state index in [0.29, 0.717) is 22.1 Å². The zero-order valence-corrected chi connectivity index (χ0v) is 17.0. The van der Waals surface area contributed by atoms with E-state index in [4.69, 9.17) is 16.3 Å². The summed E-state index contributed by atoms with van der Waals surface area (Å²) in [7, 11) is 0. The number of halogens is 2. The predicted molar refractivity (Wildman–Crippen MR) is 115 cm³/mol. The van der Waals surface area contributed by atoms with Crippen LogP contribution in [0.1, 0.15) is 32.1 Å². The molecule has 0 atom stereocenters. The SMILES string of the molecule is Fc1cc(-c2ccc(-c3nc4ccc(Cl)cc4[nH]3)cn2)cnc1OC1CCCCC1. The van der Waals surface area contributed by atoms with E-state index < -0.39 is 5.82 Å². The van der Waals surface area contributed by atoms with Crippen LogP contribution in [0.2, 0.25) is 5.02 Å². The van der Waals surface area contributed by atoms with Gasteiger partial charge in [0.15, 0.2) is 5.82 Å². The molecule has 1 aliphatic carbocycles. The number of nitrogens with zero attached hydrogens (tertiary/aromatic N) is 3. The summed E-state index contributed by atoms with van der Waals surface area (Å²) in [5.74, 6) is 0.313. The lowest BCUT2D eigenvalue weighted by Gasteiger charge is -2.22. The number of hydrogen-bond acceptors (Lipinski definition) is 4. The van der Waals surface area contributed by atoms with E-state index in [1.165, 1.54) is 12.5 Å². The zero-order valence-electron chi connectivity index (χ0n) is 16.2. The van der Waals surface area contributed by atoms with E-state index in [2.05, 4.69) is 19.9 Å². The van der Waals surface area contributed by atoms with Crippen LogP contribution in [0.4, 0.5) is 4.39 Å². The minimum atomic E-state index is -0.460. The van der Waals surface area contributed by atoms with Gasteiger partial charge in [-0.2, -0.15) is 0 Å². The summed E-state index contributed by atoms with van der Waals surface area (Å²) in [5, 5.41) is 0.650. The summed E-state index contributed by atoms with van der Waals surface area (Å²) < 4.78 is 20.3. The lowest BCUT2D eigenvalue weighted by molar-refractivity contribution is 0.142. The number of hydrogen-bond donors (Lipinski definition) is 1. The summed E-state index contributed by atoms with van der Waals surface area (Å²) in [5.41, 5.74) is 3.76. The lowest BCUT2D eigenvalue weighted by Crippen LogP contribution is -2.20. The third kappa shape index (κ3) is 3.87. The van der Waals surface area contributed by atoms with Crippen LogP contribution in [0, 0.1) is 5.82 Å². The van der Waals surface area contributed by atoms with Crippen LogP contribution in [0.15, 0.2) is 48.8 Å². The van der Waals surface area contributed by atoms with Gasteiger partial charge in [0, 0.05) is 28.5 Å². The van der Waals surface area contributed by atoms with Gasteiger partial charge in [-0.15, -0.1) is 0 Å². The van der Waals surface area contributed by atoms with Gasteiger partial charge in [-0.3, -0.25) is 4.98 Å². The summed E-state index contributed by atoms with van der Waals surface area (Å²) in [4.78, 5) is 16.5. The molecule has 1 N–H and O–H groups in total. The molecule has 1 saturated carbocycles. The Morgan fingerprint density at radius 1 is 0.967 bits per heavy atom. The van der Waals surface area contributed by atoms with Gasteiger partial charge in [-0.25, -0.2) is 14.4 Å². The predicted octanol–water partition coefficient (Wildman–Crippen LogP) is 6.19. The molecule has 0 saturated heterocycles. The lowest BCUT2D eigenvalue weighted by atomic mass is 9.98. The Hall–Kier alpha value is -2.99. The number of rotatable bonds is 4. The average molecular weight is 423 g/mol. The van der Waals surface area contributed by atoms with Crippen LogP contribution in [0.3, 0.4) is 0 Å². The van der Waals surface area contributed by atoms with Crippen LogP contribution in [0.25, 0.3) is 33.7 Å². The highest BCUT2D eigenvalue weighted by atomic mass is 35.5. The first-order chi connectivity index (χ1) is 14.7. The molecule has 0 unspecified atom stereocenters. The van der Waals surface area contributed by atoms with Gasteiger partial charge in [0.1, 0.15) is 11.9 Å². The van der Waals surface area contributed by atoms with Gasteiger partial charge < -0.3 is 9.72 Å². The number of H-pyrrole nitrogens is 1. The van der Waals surface area contributed by atoms with Crippen molar-refractivity contribution in [1.29, 1.82) is 0 Å². The Bertz CT molecular complexity index is 1190. The third-order valence-corrected chi connectivity index (χ3v) is 5.65. The second-order valence-electron chi connectivity index (χ2n) is 7.57. The highest BCUT2D eigenvalue weighted by Crippen LogP contribution is 2.28. The first-order valence-corrected chi connectivity index (χ1v) is 10.5. The van der Waals surface area contributed by atoms with Crippen molar-refractivity contribution < 1.29 is 9.13 Å².